The van der Waals surface area contributed by atoms with E-state index in [1.807, 2.05) is 23.8 Å². The van der Waals surface area contributed by atoms with Crippen molar-refractivity contribution in [3.63, 3.8) is 0 Å². The van der Waals surface area contributed by atoms with Crippen molar-refractivity contribution in [3.05, 3.63) is 71.1 Å². The summed E-state index contributed by atoms with van der Waals surface area (Å²) in [6.45, 7) is 0.589. The highest BCUT2D eigenvalue weighted by molar-refractivity contribution is 7.13. The number of hydrogen-bond acceptors (Lipinski definition) is 6. The second-order valence-corrected chi connectivity index (χ2v) is 8.55. The number of nitrogens with zero attached hydrogens (tertiary/aromatic N) is 1. The van der Waals surface area contributed by atoms with E-state index >= 15 is 0 Å². The third-order valence-corrected chi connectivity index (χ3v) is 6.79. The van der Waals surface area contributed by atoms with Gasteiger partial charge < -0.3 is 14.8 Å². The van der Waals surface area contributed by atoms with Crippen LogP contribution in [-0.4, -0.2) is 31.2 Å². The molecule has 8 heteroatoms. The lowest BCUT2D eigenvalue weighted by Crippen LogP contribution is -2.34. The Balaban J connectivity index is 0.00000289. The second kappa shape index (κ2) is 10.9. The molecule has 0 aliphatic heterocycles. The van der Waals surface area contributed by atoms with Crippen LogP contribution in [0.1, 0.15) is 29.9 Å². The lowest BCUT2D eigenvalue weighted by Gasteiger charge is -2.25. The molecule has 1 aliphatic rings. The number of methoxy groups -OCH3 is 2. The van der Waals surface area contributed by atoms with E-state index in [0.717, 1.165) is 40.2 Å². The van der Waals surface area contributed by atoms with Crippen molar-refractivity contribution in [2.75, 3.05) is 14.2 Å². The smallest absolute Gasteiger partial charge is 0.309 e. The summed E-state index contributed by atoms with van der Waals surface area (Å²) in [6.07, 6.45) is 3.41. The number of ether oxygens (including phenoxy) is 2. The zero-order valence-electron chi connectivity index (χ0n) is 17.9. The second-order valence-electron chi connectivity index (χ2n) is 7.66. The predicted octanol–water partition coefficient (Wildman–Crippen LogP) is 5.20. The number of benzene rings is 2. The molecule has 3 atom stereocenters. The SMILES string of the molecule is COC(=O)C1CCC(NCc2cc(-c3cncs3)ccc2OC)C1c1ccc(F)cc1.Cl. The summed E-state index contributed by atoms with van der Waals surface area (Å²) in [5.41, 5.74) is 4.88. The van der Waals surface area contributed by atoms with E-state index in [-0.39, 0.29) is 42.1 Å². The first-order valence-electron chi connectivity index (χ1n) is 10.2. The minimum atomic E-state index is -0.287. The van der Waals surface area contributed by atoms with Crippen molar-refractivity contribution in [1.29, 1.82) is 0 Å². The monoisotopic (exact) mass is 476 g/mol. The molecule has 1 saturated carbocycles. The van der Waals surface area contributed by atoms with Gasteiger partial charge in [-0.1, -0.05) is 12.1 Å². The van der Waals surface area contributed by atoms with Crippen molar-refractivity contribution in [2.45, 2.75) is 31.3 Å². The molecule has 1 fully saturated rings. The van der Waals surface area contributed by atoms with Gasteiger partial charge in [0, 0.05) is 30.3 Å². The summed E-state index contributed by atoms with van der Waals surface area (Å²) in [5, 5.41) is 3.62. The van der Waals surface area contributed by atoms with Crippen LogP contribution in [0.3, 0.4) is 0 Å². The normalized spacial score (nSPS) is 19.9. The first-order chi connectivity index (χ1) is 15.1. The van der Waals surface area contributed by atoms with E-state index in [4.69, 9.17) is 9.47 Å². The zero-order valence-corrected chi connectivity index (χ0v) is 19.5. The largest absolute Gasteiger partial charge is 0.496 e. The molecular formula is C24H26ClFN2O3S. The standard InChI is InChI=1S/C24H25FN2O3S.ClH/c1-29-21-10-5-16(22-13-26-14-31-22)11-17(21)12-27-20-9-8-19(24(28)30-2)23(20)15-3-6-18(25)7-4-15;/h3-7,10-11,13-14,19-20,23,27H,8-9,12H2,1-2H3;1H. The quantitative estimate of drug-likeness (QED) is 0.474. The van der Waals surface area contributed by atoms with Crippen LogP contribution in [0.4, 0.5) is 4.39 Å². The van der Waals surface area contributed by atoms with Gasteiger partial charge in [-0.2, -0.15) is 0 Å². The highest BCUT2D eigenvalue weighted by atomic mass is 35.5. The fourth-order valence-electron chi connectivity index (χ4n) is 4.46. The Hall–Kier alpha value is -2.48. The lowest BCUT2D eigenvalue weighted by atomic mass is 9.86. The lowest BCUT2D eigenvalue weighted by molar-refractivity contribution is -0.145. The van der Waals surface area contributed by atoms with Crippen LogP contribution in [0.2, 0.25) is 0 Å². The number of aromatic nitrogens is 1. The van der Waals surface area contributed by atoms with Gasteiger partial charge in [-0.25, -0.2) is 4.39 Å². The van der Waals surface area contributed by atoms with Gasteiger partial charge in [-0.05, 0) is 54.3 Å². The third-order valence-electron chi connectivity index (χ3n) is 5.97. The number of nitrogens with one attached hydrogen (secondary N) is 1. The molecule has 1 heterocycles. The number of hydrogen-bond donors (Lipinski definition) is 1. The van der Waals surface area contributed by atoms with E-state index in [9.17, 15) is 9.18 Å². The van der Waals surface area contributed by atoms with Gasteiger partial charge in [0.2, 0.25) is 0 Å². The maximum absolute atomic E-state index is 13.5. The molecule has 5 nitrogen and oxygen atoms in total. The molecule has 3 aromatic rings. The van der Waals surface area contributed by atoms with Crippen LogP contribution in [0, 0.1) is 11.7 Å². The molecule has 2 aromatic carbocycles. The average molecular weight is 477 g/mol. The number of rotatable bonds is 7. The number of esters is 1. The molecule has 1 aliphatic carbocycles. The first-order valence-corrected chi connectivity index (χ1v) is 11.1. The van der Waals surface area contributed by atoms with E-state index in [0.29, 0.717) is 6.54 Å². The topological polar surface area (TPSA) is 60.5 Å². The van der Waals surface area contributed by atoms with Gasteiger partial charge in [0.1, 0.15) is 11.6 Å². The van der Waals surface area contributed by atoms with Gasteiger partial charge in [0.15, 0.2) is 0 Å². The predicted molar refractivity (Wildman–Crippen MR) is 126 cm³/mol. The van der Waals surface area contributed by atoms with E-state index in [1.54, 1.807) is 30.6 Å². The Bertz CT molecular complexity index is 1030. The molecule has 3 unspecified atom stereocenters. The Kier molecular flexibility index (Phi) is 8.23. The van der Waals surface area contributed by atoms with Crippen LogP contribution in [0.5, 0.6) is 5.75 Å². The van der Waals surface area contributed by atoms with Crippen molar-refractivity contribution in [1.82, 2.24) is 10.3 Å². The van der Waals surface area contributed by atoms with Crippen molar-refractivity contribution in [2.24, 2.45) is 5.92 Å². The molecule has 1 aromatic heterocycles. The highest BCUT2D eigenvalue weighted by Gasteiger charge is 2.41. The van der Waals surface area contributed by atoms with Gasteiger partial charge in [0.05, 0.1) is 30.5 Å². The molecule has 1 N–H and O–H groups in total. The Morgan fingerprint density at radius 3 is 2.62 bits per heavy atom. The summed E-state index contributed by atoms with van der Waals surface area (Å²) in [4.78, 5) is 17.7. The van der Waals surface area contributed by atoms with Crippen LogP contribution in [-0.2, 0) is 16.1 Å². The minimum absolute atomic E-state index is 0. The van der Waals surface area contributed by atoms with Gasteiger partial charge >= 0.3 is 5.97 Å². The number of halogens is 2. The fourth-order valence-corrected chi connectivity index (χ4v) is 5.08. The van der Waals surface area contributed by atoms with E-state index < -0.39 is 0 Å². The Morgan fingerprint density at radius 1 is 1.19 bits per heavy atom. The molecule has 4 rings (SSSR count). The summed E-state index contributed by atoms with van der Waals surface area (Å²) in [5.74, 6) is -0.0300. The molecule has 0 radical (unpaired) electrons. The number of carbonyl (C=O) groups is 1. The molecule has 0 saturated heterocycles. The molecule has 0 spiro atoms. The third kappa shape index (κ3) is 5.11. The summed E-state index contributed by atoms with van der Waals surface area (Å²) < 4.78 is 24.1. The van der Waals surface area contributed by atoms with Crippen LogP contribution in [0.15, 0.2) is 54.2 Å². The molecule has 0 bridgehead atoms. The van der Waals surface area contributed by atoms with Crippen molar-refractivity contribution in [3.8, 4) is 16.2 Å². The molecule has 0 amide bonds. The summed E-state index contributed by atoms with van der Waals surface area (Å²) >= 11 is 1.59. The Labute approximate surface area is 197 Å². The van der Waals surface area contributed by atoms with Crippen LogP contribution >= 0.6 is 23.7 Å². The fraction of sp³-hybridized carbons (Fsp3) is 0.333. The maximum Gasteiger partial charge on any atom is 0.309 e. The minimum Gasteiger partial charge on any atom is -0.496 e. The number of carbonyl (C=O) groups excluding carboxylic acids is 1. The summed E-state index contributed by atoms with van der Waals surface area (Å²) in [7, 11) is 3.08. The van der Waals surface area contributed by atoms with Gasteiger partial charge in [-0.3, -0.25) is 9.78 Å². The van der Waals surface area contributed by atoms with Crippen LogP contribution < -0.4 is 10.1 Å². The highest BCUT2D eigenvalue weighted by Crippen LogP contribution is 2.41. The van der Waals surface area contributed by atoms with Gasteiger partial charge in [-0.15, -0.1) is 23.7 Å². The summed E-state index contributed by atoms with van der Waals surface area (Å²) in [6, 6.07) is 12.6. The Morgan fingerprint density at radius 2 is 1.97 bits per heavy atom. The van der Waals surface area contributed by atoms with E-state index in [1.165, 1.54) is 19.2 Å². The zero-order chi connectivity index (χ0) is 21.8. The maximum atomic E-state index is 13.5. The average Bonchev–Trinajstić information content (AvgIpc) is 3.48. The van der Waals surface area contributed by atoms with Crippen molar-refractivity contribution >= 4 is 29.7 Å². The van der Waals surface area contributed by atoms with Crippen LogP contribution in [0.25, 0.3) is 10.4 Å². The molecule has 32 heavy (non-hydrogen) atoms. The van der Waals surface area contributed by atoms with E-state index in [2.05, 4.69) is 16.4 Å². The first kappa shape index (κ1) is 24.2. The number of thiazole rings is 1. The molecule has 170 valence electrons. The van der Waals surface area contributed by atoms with Crippen molar-refractivity contribution < 1.29 is 18.7 Å². The van der Waals surface area contributed by atoms with Gasteiger partial charge in [0.25, 0.3) is 0 Å². The molecular weight excluding hydrogens is 451 g/mol.